The minimum absolute atomic E-state index is 0.104. The van der Waals surface area contributed by atoms with E-state index in [2.05, 4.69) is 0 Å². The number of alkyl halides is 3. The Labute approximate surface area is 159 Å². The first-order valence-electron chi connectivity index (χ1n) is 7.80. The molecular weight excluding hydrogens is 407 g/mol. The van der Waals surface area contributed by atoms with Crippen molar-refractivity contribution in [3.8, 4) is 11.5 Å². The quantitative estimate of drug-likeness (QED) is 0.753. The first-order valence-corrected chi connectivity index (χ1v) is 9.62. The average molecular weight is 422 g/mol. The van der Waals surface area contributed by atoms with E-state index < -0.39 is 32.8 Å². The van der Waals surface area contributed by atoms with Gasteiger partial charge in [-0.05, 0) is 30.3 Å². The molecule has 1 unspecified atom stereocenters. The Morgan fingerprint density at radius 2 is 1.85 bits per heavy atom. The Balaban J connectivity index is 1.81. The highest BCUT2D eigenvalue weighted by atomic mass is 35.5. The second-order valence-electron chi connectivity index (χ2n) is 5.93. The van der Waals surface area contributed by atoms with Crippen molar-refractivity contribution in [3.05, 3.63) is 53.1 Å². The predicted molar refractivity (Wildman–Crippen MR) is 92.6 cm³/mol. The highest BCUT2D eigenvalue weighted by molar-refractivity contribution is 7.89. The van der Waals surface area contributed by atoms with E-state index in [9.17, 15) is 21.6 Å². The largest absolute Gasteiger partial charge is 0.486 e. The lowest BCUT2D eigenvalue weighted by Gasteiger charge is -2.29. The lowest BCUT2D eigenvalue weighted by Crippen LogP contribution is -2.41. The molecule has 0 amide bonds. The molecule has 1 aliphatic rings. The van der Waals surface area contributed by atoms with Crippen molar-refractivity contribution in [1.82, 2.24) is 4.31 Å². The minimum Gasteiger partial charge on any atom is -0.486 e. The second kappa shape index (κ2) is 7.21. The van der Waals surface area contributed by atoms with Gasteiger partial charge in [0, 0.05) is 7.05 Å². The van der Waals surface area contributed by atoms with E-state index in [4.69, 9.17) is 21.1 Å². The minimum atomic E-state index is -4.68. The van der Waals surface area contributed by atoms with Crippen LogP contribution in [0.1, 0.15) is 5.56 Å². The van der Waals surface area contributed by atoms with Crippen molar-refractivity contribution in [2.45, 2.75) is 17.2 Å². The van der Waals surface area contributed by atoms with Gasteiger partial charge in [0.15, 0.2) is 11.5 Å². The molecular formula is C17H15ClF3NO4S. The molecule has 1 atom stereocenters. The van der Waals surface area contributed by atoms with E-state index >= 15 is 0 Å². The van der Waals surface area contributed by atoms with Gasteiger partial charge in [0.1, 0.15) is 17.6 Å². The summed E-state index contributed by atoms with van der Waals surface area (Å²) in [4.78, 5) is -0.612. The Morgan fingerprint density at radius 3 is 2.52 bits per heavy atom. The van der Waals surface area contributed by atoms with Crippen LogP contribution in [0.2, 0.25) is 5.02 Å². The summed E-state index contributed by atoms with van der Waals surface area (Å²) in [5, 5.41) is -0.291. The molecule has 0 spiro atoms. The molecule has 1 aliphatic heterocycles. The molecule has 0 aromatic heterocycles. The number of nitrogens with zero attached hydrogens (tertiary/aromatic N) is 1. The molecule has 27 heavy (non-hydrogen) atoms. The van der Waals surface area contributed by atoms with Crippen LogP contribution in [0.5, 0.6) is 11.5 Å². The first kappa shape index (κ1) is 19.8. The third-order valence-corrected chi connectivity index (χ3v) is 6.28. The summed E-state index contributed by atoms with van der Waals surface area (Å²) < 4.78 is 76.3. The number of halogens is 4. The zero-order chi connectivity index (χ0) is 19.8. The van der Waals surface area contributed by atoms with Crippen LogP contribution in [-0.4, -0.2) is 39.0 Å². The summed E-state index contributed by atoms with van der Waals surface area (Å²) in [5.74, 6) is 1.01. The van der Waals surface area contributed by atoms with Gasteiger partial charge in [-0.1, -0.05) is 23.7 Å². The molecule has 0 fully saturated rings. The Kier molecular flexibility index (Phi) is 5.29. The summed E-state index contributed by atoms with van der Waals surface area (Å²) >= 11 is 5.86. The molecule has 3 rings (SSSR count). The molecule has 0 radical (unpaired) electrons. The molecule has 0 saturated heterocycles. The smallest absolute Gasteiger partial charge is 0.416 e. The monoisotopic (exact) mass is 421 g/mol. The van der Waals surface area contributed by atoms with Crippen LogP contribution in [-0.2, 0) is 16.2 Å². The second-order valence-corrected chi connectivity index (χ2v) is 8.35. The number of sulfonamides is 1. The summed E-state index contributed by atoms with van der Waals surface area (Å²) in [6, 6.07) is 9.09. The number of hydrogen-bond donors (Lipinski definition) is 0. The molecule has 0 saturated carbocycles. The van der Waals surface area contributed by atoms with Gasteiger partial charge >= 0.3 is 6.18 Å². The first-order chi connectivity index (χ1) is 12.6. The zero-order valence-corrected chi connectivity index (χ0v) is 15.6. The maximum atomic E-state index is 12.9. The third-order valence-electron chi connectivity index (χ3n) is 3.98. The molecule has 2 aromatic rings. The number of benzene rings is 2. The maximum absolute atomic E-state index is 12.9. The summed E-state index contributed by atoms with van der Waals surface area (Å²) in [5.41, 5.74) is -1.09. The molecule has 5 nitrogen and oxygen atoms in total. The molecule has 2 aromatic carbocycles. The Bertz CT molecular complexity index is 949. The number of rotatable bonds is 4. The number of hydrogen-bond acceptors (Lipinski definition) is 4. The van der Waals surface area contributed by atoms with Gasteiger partial charge < -0.3 is 9.47 Å². The van der Waals surface area contributed by atoms with Crippen molar-refractivity contribution in [2.24, 2.45) is 0 Å². The lowest BCUT2D eigenvalue weighted by molar-refractivity contribution is -0.137. The fourth-order valence-electron chi connectivity index (χ4n) is 2.58. The van der Waals surface area contributed by atoms with E-state index in [1.165, 1.54) is 7.05 Å². The summed E-state index contributed by atoms with van der Waals surface area (Å²) in [6.45, 7) is -0.0174. The lowest BCUT2D eigenvalue weighted by atomic mass is 10.2. The number of likely N-dealkylation sites (N-methyl/N-ethyl adjacent to an activating group) is 1. The van der Waals surface area contributed by atoms with E-state index in [0.717, 1.165) is 16.4 Å². The molecule has 0 aliphatic carbocycles. The highest BCUT2D eigenvalue weighted by Gasteiger charge is 2.34. The van der Waals surface area contributed by atoms with Gasteiger partial charge in [0.2, 0.25) is 10.0 Å². The van der Waals surface area contributed by atoms with Gasteiger partial charge in [-0.25, -0.2) is 8.42 Å². The fraction of sp³-hybridized carbons (Fsp3) is 0.294. The van der Waals surface area contributed by atoms with E-state index in [1.54, 1.807) is 24.3 Å². The normalized spacial score (nSPS) is 17.2. The van der Waals surface area contributed by atoms with Gasteiger partial charge in [-0.2, -0.15) is 17.5 Å². The topological polar surface area (TPSA) is 55.8 Å². The van der Waals surface area contributed by atoms with E-state index in [-0.39, 0.29) is 18.2 Å². The third kappa shape index (κ3) is 4.15. The Hall–Kier alpha value is -1.97. The standard InChI is InChI=1S/C17H15ClF3NO4S/c1-22(9-12-10-25-14-4-2-3-5-15(14)26-12)27(23,24)16-8-11(17(19,20)21)6-7-13(16)18/h2-8,12H,9-10H2,1H3. The van der Waals surface area contributed by atoms with Crippen LogP contribution in [0, 0.1) is 0 Å². The van der Waals surface area contributed by atoms with Gasteiger partial charge in [0.05, 0.1) is 17.1 Å². The van der Waals surface area contributed by atoms with Crippen LogP contribution < -0.4 is 9.47 Å². The van der Waals surface area contributed by atoms with E-state index in [1.807, 2.05) is 0 Å². The van der Waals surface area contributed by atoms with Gasteiger partial charge in [0.25, 0.3) is 0 Å². The van der Waals surface area contributed by atoms with Crippen molar-refractivity contribution in [3.63, 3.8) is 0 Å². The Morgan fingerprint density at radius 1 is 1.19 bits per heavy atom. The molecule has 1 heterocycles. The predicted octanol–water partition coefficient (Wildman–Crippen LogP) is 3.82. The van der Waals surface area contributed by atoms with Crippen LogP contribution >= 0.6 is 11.6 Å². The van der Waals surface area contributed by atoms with Crippen molar-refractivity contribution < 1.29 is 31.1 Å². The number of fused-ring (bicyclic) bond motifs is 1. The van der Waals surface area contributed by atoms with Gasteiger partial charge in [-0.15, -0.1) is 0 Å². The highest BCUT2D eigenvalue weighted by Crippen LogP contribution is 2.35. The average Bonchev–Trinajstić information content (AvgIpc) is 2.60. The summed E-state index contributed by atoms with van der Waals surface area (Å²) in [7, 11) is -3.02. The van der Waals surface area contributed by atoms with Crippen molar-refractivity contribution in [2.75, 3.05) is 20.2 Å². The van der Waals surface area contributed by atoms with Crippen LogP contribution in [0.3, 0.4) is 0 Å². The SMILES string of the molecule is CN(CC1COc2ccccc2O1)S(=O)(=O)c1cc(C(F)(F)F)ccc1Cl. The van der Waals surface area contributed by atoms with Crippen LogP contribution in [0.25, 0.3) is 0 Å². The zero-order valence-electron chi connectivity index (χ0n) is 14.0. The van der Waals surface area contributed by atoms with Crippen LogP contribution in [0.15, 0.2) is 47.4 Å². The van der Waals surface area contributed by atoms with Crippen LogP contribution in [0.4, 0.5) is 13.2 Å². The summed E-state index contributed by atoms with van der Waals surface area (Å²) in [6.07, 6.45) is -5.30. The van der Waals surface area contributed by atoms with Crippen molar-refractivity contribution >= 4 is 21.6 Å². The molecule has 0 bridgehead atoms. The van der Waals surface area contributed by atoms with Crippen molar-refractivity contribution in [1.29, 1.82) is 0 Å². The number of ether oxygens (including phenoxy) is 2. The number of para-hydroxylation sites is 2. The van der Waals surface area contributed by atoms with Gasteiger partial charge in [-0.3, -0.25) is 0 Å². The maximum Gasteiger partial charge on any atom is 0.416 e. The fourth-order valence-corrected chi connectivity index (χ4v) is 4.28. The molecule has 0 N–H and O–H groups in total. The molecule has 146 valence electrons. The van der Waals surface area contributed by atoms with E-state index in [0.29, 0.717) is 17.6 Å². The molecule has 10 heteroatoms.